The molecule has 0 bridgehead atoms. The number of aliphatic hydroxyl groups excluding tert-OH is 2. The monoisotopic (exact) mass is 216 g/mol. The van der Waals surface area contributed by atoms with Gasteiger partial charge >= 0.3 is 11.9 Å². The summed E-state index contributed by atoms with van der Waals surface area (Å²) in [5, 5.41) is 18.8. The smallest absolute Gasteiger partial charge is 0.348 e. The zero-order valence-electron chi connectivity index (χ0n) is 8.12. The molecule has 0 spiro atoms. The van der Waals surface area contributed by atoms with Crippen LogP contribution in [0.4, 0.5) is 0 Å². The number of rotatable bonds is 1. The predicted octanol–water partition coefficient (Wildman–Crippen LogP) is -1.41. The van der Waals surface area contributed by atoms with Crippen LogP contribution in [-0.2, 0) is 19.1 Å². The topological polar surface area (TPSA) is 93.1 Å². The minimum atomic E-state index is -1.08. The molecule has 0 aromatic heterocycles. The van der Waals surface area contributed by atoms with Gasteiger partial charge in [0.2, 0.25) is 6.10 Å². The number of aliphatic hydroxyl groups is 2. The van der Waals surface area contributed by atoms with E-state index in [0.29, 0.717) is 0 Å². The van der Waals surface area contributed by atoms with E-state index in [1.807, 2.05) is 0 Å². The molecule has 1 heterocycles. The van der Waals surface area contributed by atoms with E-state index < -0.39 is 42.3 Å². The normalized spacial score (nSPS) is 43.7. The Morgan fingerprint density at radius 1 is 1.53 bits per heavy atom. The molecule has 5 atom stereocenters. The molecule has 0 aromatic carbocycles. The van der Waals surface area contributed by atoms with Gasteiger partial charge in [-0.1, -0.05) is 0 Å². The predicted molar refractivity (Wildman–Crippen MR) is 45.6 cm³/mol. The molecule has 15 heavy (non-hydrogen) atoms. The second-order valence-electron chi connectivity index (χ2n) is 3.89. The van der Waals surface area contributed by atoms with Crippen molar-refractivity contribution in [3.63, 3.8) is 0 Å². The zero-order chi connectivity index (χ0) is 11.2. The molecule has 1 saturated heterocycles. The Labute approximate surface area is 85.8 Å². The summed E-state index contributed by atoms with van der Waals surface area (Å²) in [7, 11) is 0. The minimum absolute atomic E-state index is 0.204. The minimum Gasteiger partial charge on any atom is -0.456 e. The van der Waals surface area contributed by atoms with E-state index >= 15 is 0 Å². The first-order valence-corrected chi connectivity index (χ1v) is 4.74. The van der Waals surface area contributed by atoms with Gasteiger partial charge in [0.1, 0.15) is 12.2 Å². The van der Waals surface area contributed by atoms with Crippen LogP contribution in [0.3, 0.4) is 0 Å². The van der Waals surface area contributed by atoms with Crippen molar-refractivity contribution >= 4 is 11.9 Å². The van der Waals surface area contributed by atoms with E-state index in [9.17, 15) is 19.8 Å². The molecule has 0 unspecified atom stereocenters. The fraction of sp³-hybridized carbons (Fsp3) is 0.778. The first-order chi connectivity index (χ1) is 7.00. The van der Waals surface area contributed by atoms with Gasteiger partial charge in [0.25, 0.3) is 0 Å². The van der Waals surface area contributed by atoms with Crippen LogP contribution in [0.1, 0.15) is 13.3 Å². The summed E-state index contributed by atoms with van der Waals surface area (Å²) >= 11 is 0. The molecule has 1 aliphatic carbocycles. The summed E-state index contributed by atoms with van der Waals surface area (Å²) in [6.45, 7) is 1.20. The van der Waals surface area contributed by atoms with Crippen LogP contribution in [0.5, 0.6) is 0 Å². The standard InChI is InChI=1S/C9H12O6/c1-3(10)14-8-4-2-5(11)6(12)7(4)15-9(8)13/h4-8,11-12H,2H2,1H3/t4-,5-,6+,7-,8-/m1/s1. The molecule has 6 heteroatoms. The Balaban J connectivity index is 2.13. The van der Waals surface area contributed by atoms with Crippen molar-refractivity contribution in [1.82, 2.24) is 0 Å². The molecule has 2 N–H and O–H groups in total. The molecule has 0 aromatic rings. The first kappa shape index (κ1) is 10.4. The van der Waals surface area contributed by atoms with E-state index in [4.69, 9.17) is 9.47 Å². The molecule has 2 rings (SSSR count). The van der Waals surface area contributed by atoms with Crippen molar-refractivity contribution in [2.45, 2.75) is 37.8 Å². The third-order valence-electron chi connectivity index (χ3n) is 2.83. The Hall–Kier alpha value is -1.14. The number of carbonyl (C=O) groups excluding carboxylic acids is 2. The molecular weight excluding hydrogens is 204 g/mol. The van der Waals surface area contributed by atoms with Gasteiger partial charge in [-0.05, 0) is 6.42 Å². The molecule has 84 valence electrons. The van der Waals surface area contributed by atoms with Crippen LogP contribution in [0.15, 0.2) is 0 Å². The molecule has 6 nitrogen and oxygen atoms in total. The van der Waals surface area contributed by atoms with Crippen LogP contribution in [0, 0.1) is 5.92 Å². The zero-order valence-corrected chi connectivity index (χ0v) is 8.12. The van der Waals surface area contributed by atoms with Crippen molar-refractivity contribution in [2.75, 3.05) is 0 Å². The maximum Gasteiger partial charge on any atom is 0.348 e. The van der Waals surface area contributed by atoms with Gasteiger partial charge in [-0.25, -0.2) is 4.79 Å². The van der Waals surface area contributed by atoms with Crippen molar-refractivity contribution < 1.29 is 29.3 Å². The lowest BCUT2D eigenvalue weighted by Gasteiger charge is -2.12. The molecule has 2 fully saturated rings. The fourth-order valence-electron chi connectivity index (χ4n) is 2.17. The average Bonchev–Trinajstić information content (AvgIpc) is 2.56. The largest absolute Gasteiger partial charge is 0.456 e. The lowest BCUT2D eigenvalue weighted by Crippen LogP contribution is -2.30. The lowest BCUT2D eigenvalue weighted by atomic mass is 10.0. The summed E-state index contributed by atoms with van der Waals surface area (Å²) in [6, 6.07) is 0. The van der Waals surface area contributed by atoms with Gasteiger partial charge in [0.15, 0.2) is 0 Å². The van der Waals surface area contributed by atoms with Gasteiger partial charge in [-0.3, -0.25) is 4.79 Å². The van der Waals surface area contributed by atoms with Crippen LogP contribution < -0.4 is 0 Å². The molecule has 1 saturated carbocycles. The number of hydrogen-bond acceptors (Lipinski definition) is 6. The number of hydrogen-bond donors (Lipinski definition) is 2. The van der Waals surface area contributed by atoms with Crippen LogP contribution in [-0.4, -0.2) is 46.6 Å². The van der Waals surface area contributed by atoms with Crippen LogP contribution in [0.25, 0.3) is 0 Å². The lowest BCUT2D eigenvalue weighted by molar-refractivity contribution is -0.163. The summed E-state index contributed by atoms with van der Waals surface area (Å²) in [5.41, 5.74) is 0. The van der Waals surface area contributed by atoms with E-state index in [1.54, 1.807) is 0 Å². The molecular formula is C9H12O6. The first-order valence-electron chi connectivity index (χ1n) is 4.74. The Morgan fingerprint density at radius 3 is 2.80 bits per heavy atom. The third kappa shape index (κ3) is 1.59. The molecule has 2 aliphatic rings. The molecule has 0 radical (unpaired) electrons. The van der Waals surface area contributed by atoms with E-state index in [0.717, 1.165) is 0 Å². The fourth-order valence-corrected chi connectivity index (χ4v) is 2.17. The number of fused-ring (bicyclic) bond motifs is 1. The second-order valence-corrected chi connectivity index (χ2v) is 3.89. The Bertz CT molecular complexity index is 301. The highest BCUT2D eigenvalue weighted by Gasteiger charge is 2.56. The van der Waals surface area contributed by atoms with Crippen molar-refractivity contribution in [2.24, 2.45) is 5.92 Å². The Morgan fingerprint density at radius 2 is 2.20 bits per heavy atom. The average molecular weight is 216 g/mol. The van der Waals surface area contributed by atoms with Crippen LogP contribution in [0.2, 0.25) is 0 Å². The second kappa shape index (κ2) is 3.46. The molecule has 0 amide bonds. The number of carbonyl (C=O) groups is 2. The summed E-state index contributed by atoms with van der Waals surface area (Å²) in [4.78, 5) is 22.0. The van der Waals surface area contributed by atoms with E-state index in [1.165, 1.54) is 6.92 Å². The maximum absolute atomic E-state index is 11.3. The Kier molecular flexibility index (Phi) is 2.40. The van der Waals surface area contributed by atoms with Crippen LogP contribution >= 0.6 is 0 Å². The van der Waals surface area contributed by atoms with Crippen molar-refractivity contribution in [3.8, 4) is 0 Å². The number of ether oxygens (including phenoxy) is 2. The maximum atomic E-state index is 11.3. The van der Waals surface area contributed by atoms with Gasteiger partial charge in [-0.15, -0.1) is 0 Å². The van der Waals surface area contributed by atoms with E-state index in [2.05, 4.69) is 0 Å². The SMILES string of the molecule is CC(=O)O[C@H]1C(=O)O[C@H]2[C@@H](O)[C@H](O)C[C@H]21. The summed E-state index contributed by atoms with van der Waals surface area (Å²) in [6.07, 6.45) is -3.54. The van der Waals surface area contributed by atoms with E-state index in [-0.39, 0.29) is 6.42 Å². The highest BCUT2D eigenvalue weighted by atomic mass is 16.6. The van der Waals surface area contributed by atoms with Crippen molar-refractivity contribution in [1.29, 1.82) is 0 Å². The highest BCUT2D eigenvalue weighted by molar-refractivity contribution is 5.81. The molecule has 1 aliphatic heterocycles. The highest BCUT2D eigenvalue weighted by Crippen LogP contribution is 2.38. The quantitative estimate of drug-likeness (QED) is 0.523. The third-order valence-corrected chi connectivity index (χ3v) is 2.83. The van der Waals surface area contributed by atoms with Gasteiger partial charge in [0, 0.05) is 12.8 Å². The van der Waals surface area contributed by atoms with Gasteiger partial charge < -0.3 is 19.7 Å². The van der Waals surface area contributed by atoms with Gasteiger partial charge in [0.05, 0.1) is 6.10 Å². The summed E-state index contributed by atoms with van der Waals surface area (Å²) < 4.78 is 9.65. The van der Waals surface area contributed by atoms with Crippen molar-refractivity contribution in [3.05, 3.63) is 0 Å². The van der Waals surface area contributed by atoms with Gasteiger partial charge in [-0.2, -0.15) is 0 Å². The number of esters is 2. The summed E-state index contributed by atoms with van der Waals surface area (Å²) in [5.74, 6) is -1.66.